The molecule has 22 heavy (non-hydrogen) atoms. The van der Waals surface area contributed by atoms with Crippen LogP contribution < -0.4 is 4.90 Å². The molecule has 3 heterocycles. The number of pyridine rings is 1. The van der Waals surface area contributed by atoms with Gasteiger partial charge in [0, 0.05) is 31.2 Å². The monoisotopic (exact) mass is 316 g/mol. The first-order valence-corrected chi connectivity index (χ1v) is 8.53. The van der Waals surface area contributed by atoms with E-state index in [1.54, 1.807) is 6.20 Å². The minimum absolute atomic E-state index is 0.513. The highest BCUT2D eigenvalue weighted by atomic mass is 35.5. The van der Waals surface area contributed by atoms with E-state index in [1.807, 2.05) is 12.3 Å². The van der Waals surface area contributed by atoms with Crippen molar-refractivity contribution in [2.75, 3.05) is 18.0 Å². The second kappa shape index (κ2) is 5.58. The summed E-state index contributed by atoms with van der Waals surface area (Å²) in [5, 5.41) is 0.743. The predicted molar refractivity (Wildman–Crippen MR) is 88.7 cm³/mol. The van der Waals surface area contributed by atoms with Gasteiger partial charge in [-0.05, 0) is 45.1 Å². The highest BCUT2D eigenvalue weighted by Crippen LogP contribution is 2.34. The lowest BCUT2D eigenvalue weighted by molar-refractivity contribution is 0.505. The molecule has 1 unspecified atom stereocenters. The third-order valence-electron chi connectivity index (χ3n) is 4.97. The van der Waals surface area contributed by atoms with Gasteiger partial charge in [-0.15, -0.1) is 0 Å². The number of anilines is 1. The molecule has 1 aliphatic carbocycles. The van der Waals surface area contributed by atoms with Crippen molar-refractivity contribution in [2.24, 2.45) is 0 Å². The van der Waals surface area contributed by atoms with Gasteiger partial charge in [-0.25, -0.2) is 4.98 Å². The van der Waals surface area contributed by atoms with Crippen LogP contribution in [0.4, 0.5) is 5.69 Å². The Hall–Kier alpha value is -1.55. The normalized spacial score (nSPS) is 21.2. The van der Waals surface area contributed by atoms with E-state index in [1.165, 1.54) is 36.5 Å². The third-order valence-corrected chi connectivity index (χ3v) is 5.26. The van der Waals surface area contributed by atoms with Gasteiger partial charge in [-0.3, -0.25) is 4.98 Å². The molecule has 2 aliphatic rings. The summed E-state index contributed by atoms with van der Waals surface area (Å²) in [4.78, 5) is 11.3. The molecule has 2 aromatic rings. The molecule has 0 spiro atoms. The molecule has 0 aromatic carbocycles. The number of aryl methyl sites for hydroxylation is 2. The molecular weight excluding hydrogens is 296 g/mol. The molecular formula is C17H21ClN4. The van der Waals surface area contributed by atoms with E-state index in [0.717, 1.165) is 36.6 Å². The highest BCUT2D eigenvalue weighted by molar-refractivity contribution is 6.33. The maximum atomic E-state index is 6.30. The van der Waals surface area contributed by atoms with Gasteiger partial charge in [0.15, 0.2) is 0 Å². The second-order valence-corrected chi connectivity index (χ2v) is 6.75. The summed E-state index contributed by atoms with van der Waals surface area (Å²) >= 11 is 6.30. The van der Waals surface area contributed by atoms with Gasteiger partial charge in [0.1, 0.15) is 5.82 Å². The van der Waals surface area contributed by atoms with Crippen LogP contribution in [-0.2, 0) is 12.8 Å². The Morgan fingerprint density at radius 1 is 1.27 bits per heavy atom. The van der Waals surface area contributed by atoms with Crippen molar-refractivity contribution >= 4 is 17.3 Å². The first-order chi connectivity index (χ1) is 10.7. The molecule has 4 nitrogen and oxygen atoms in total. The number of halogens is 1. The number of fused-ring (bicyclic) bond motifs is 1. The zero-order valence-electron chi connectivity index (χ0n) is 12.9. The van der Waals surface area contributed by atoms with Crippen molar-refractivity contribution in [3.8, 4) is 0 Å². The van der Waals surface area contributed by atoms with E-state index in [9.17, 15) is 0 Å². The Labute approximate surface area is 136 Å². The number of hydrogen-bond donors (Lipinski definition) is 0. The van der Waals surface area contributed by atoms with E-state index in [0.29, 0.717) is 6.04 Å². The van der Waals surface area contributed by atoms with Gasteiger partial charge >= 0.3 is 0 Å². The van der Waals surface area contributed by atoms with Crippen LogP contribution in [0.25, 0.3) is 0 Å². The maximum absolute atomic E-state index is 6.30. The van der Waals surface area contributed by atoms with E-state index in [-0.39, 0.29) is 0 Å². The summed E-state index contributed by atoms with van der Waals surface area (Å²) < 4.78 is 2.50. The van der Waals surface area contributed by atoms with Gasteiger partial charge < -0.3 is 9.47 Å². The van der Waals surface area contributed by atoms with Gasteiger partial charge in [0.05, 0.1) is 22.4 Å². The lowest BCUT2D eigenvalue weighted by Gasteiger charge is -2.22. The first kappa shape index (κ1) is 14.1. The van der Waals surface area contributed by atoms with Crippen LogP contribution in [0.2, 0.25) is 5.02 Å². The van der Waals surface area contributed by atoms with Crippen molar-refractivity contribution in [3.63, 3.8) is 0 Å². The molecule has 0 N–H and O–H groups in total. The van der Waals surface area contributed by atoms with Crippen LogP contribution in [-0.4, -0.2) is 27.6 Å². The molecule has 5 heteroatoms. The Morgan fingerprint density at radius 3 is 3.00 bits per heavy atom. The molecule has 1 fully saturated rings. The van der Waals surface area contributed by atoms with Gasteiger partial charge in [-0.2, -0.15) is 0 Å². The topological polar surface area (TPSA) is 34.0 Å². The summed E-state index contributed by atoms with van der Waals surface area (Å²) in [5.74, 6) is 1.18. The average molecular weight is 317 g/mol. The van der Waals surface area contributed by atoms with Crippen molar-refractivity contribution < 1.29 is 0 Å². The molecule has 1 atom stereocenters. The van der Waals surface area contributed by atoms with E-state index in [2.05, 4.69) is 21.4 Å². The van der Waals surface area contributed by atoms with Gasteiger partial charge in [-0.1, -0.05) is 11.6 Å². The van der Waals surface area contributed by atoms with Crippen LogP contribution in [0, 0.1) is 6.92 Å². The number of aromatic nitrogens is 3. The lowest BCUT2D eigenvalue weighted by atomic mass is 10.0. The number of rotatable bonds is 2. The predicted octanol–water partition coefficient (Wildman–Crippen LogP) is 3.57. The van der Waals surface area contributed by atoms with Crippen molar-refractivity contribution in [2.45, 2.75) is 45.1 Å². The first-order valence-electron chi connectivity index (χ1n) is 8.15. The van der Waals surface area contributed by atoms with Crippen LogP contribution in [0.1, 0.15) is 42.5 Å². The Balaban J connectivity index is 1.61. The minimum atomic E-state index is 0.513. The number of nitrogens with zero attached hydrogens (tertiary/aromatic N) is 4. The Morgan fingerprint density at radius 2 is 2.14 bits per heavy atom. The zero-order chi connectivity index (χ0) is 15.1. The lowest BCUT2D eigenvalue weighted by Crippen LogP contribution is -2.22. The SMILES string of the molecule is Cc1nc2c(n1C1CCN(c3ccncc3Cl)C1)CCCC2. The molecule has 0 amide bonds. The van der Waals surface area contributed by atoms with Crippen LogP contribution in [0.5, 0.6) is 0 Å². The minimum Gasteiger partial charge on any atom is -0.368 e. The smallest absolute Gasteiger partial charge is 0.106 e. The molecule has 2 aromatic heterocycles. The van der Waals surface area contributed by atoms with Crippen molar-refractivity contribution in [1.29, 1.82) is 0 Å². The van der Waals surface area contributed by atoms with Crippen LogP contribution in [0.3, 0.4) is 0 Å². The molecule has 0 saturated carbocycles. The van der Waals surface area contributed by atoms with E-state index in [4.69, 9.17) is 16.6 Å². The standard InChI is InChI=1S/C17H21ClN4/c1-12-20-15-4-2-3-5-17(15)22(12)13-7-9-21(11-13)16-6-8-19-10-14(16)18/h6,8,10,13H,2-5,7,9,11H2,1H3. The molecule has 0 radical (unpaired) electrons. The van der Waals surface area contributed by atoms with Crippen LogP contribution in [0.15, 0.2) is 18.5 Å². The Bertz CT molecular complexity index is 694. The van der Waals surface area contributed by atoms with Crippen LogP contribution >= 0.6 is 11.6 Å². The molecule has 1 aliphatic heterocycles. The summed E-state index contributed by atoms with van der Waals surface area (Å²) in [6, 6.07) is 2.53. The summed E-state index contributed by atoms with van der Waals surface area (Å²) in [5.41, 5.74) is 3.92. The quantitative estimate of drug-likeness (QED) is 0.849. The van der Waals surface area contributed by atoms with E-state index >= 15 is 0 Å². The molecule has 116 valence electrons. The fourth-order valence-corrected chi connectivity index (χ4v) is 4.22. The average Bonchev–Trinajstić information content (AvgIpc) is 3.10. The molecule has 4 rings (SSSR count). The molecule has 1 saturated heterocycles. The fraction of sp³-hybridized carbons (Fsp3) is 0.529. The zero-order valence-corrected chi connectivity index (χ0v) is 13.7. The summed E-state index contributed by atoms with van der Waals surface area (Å²) in [7, 11) is 0. The summed E-state index contributed by atoms with van der Waals surface area (Å²) in [6.45, 7) is 4.20. The summed E-state index contributed by atoms with van der Waals surface area (Å²) in [6.07, 6.45) is 9.62. The van der Waals surface area contributed by atoms with Crippen molar-refractivity contribution in [1.82, 2.24) is 14.5 Å². The van der Waals surface area contributed by atoms with Crippen molar-refractivity contribution in [3.05, 3.63) is 40.7 Å². The highest BCUT2D eigenvalue weighted by Gasteiger charge is 2.29. The van der Waals surface area contributed by atoms with Gasteiger partial charge in [0.2, 0.25) is 0 Å². The van der Waals surface area contributed by atoms with E-state index < -0.39 is 0 Å². The largest absolute Gasteiger partial charge is 0.368 e. The number of imidazole rings is 1. The third kappa shape index (κ3) is 2.30. The van der Waals surface area contributed by atoms with Gasteiger partial charge in [0.25, 0.3) is 0 Å². The number of hydrogen-bond acceptors (Lipinski definition) is 3. The maximum Gasteiger partial charge on any atom is 0.106 e. The molecule has 0 bridgehead atoms. The fourth-order valence-electron chi connectivity index (χ4n) is 3.98. The second-order valence-electron chi connectivity index (χ2n) is 6.35. The Kier molecular flexibility index (Phi) is 3.57.